The van der Waals surface area contributed by atoms with Crippen molar-refractivity contribution in [2.75, 3.05) is 11.9 Å². The summed E-state index contributed by atoms with van der Waals surface area (Å²) in [5.41, 5.74) is 3.57. The van der Waals surface area contributed by atoms with Crippen molar-refractivity contribution in [2.45, 2.75) is 62.9 Å². The smallest absolute Gasteiger partial charge is 0.144 e. The molecule has 2 aliphatic carbocycles. The minimum Gasteiger partial charge on any atom is -0.366 e. The molecule has 0 bridgehead atoms. The van der Waals surface area contributed by atoms with Crippen molar-refractivity contribution in [3.05, 3.63) is 22.9 Å². The fourth-order valence-corrected chi connectivity index (χ4v) is 4.13. The number of rotatable bonds is 2. The predicted molar refractivity (Wildman–Crippen MR) is 82.2 cm³/mol. The quantitative estimate of drug-likeness (QED) is 0.875. The summed E-state index contributed by atoms with van der Waals surface area (Å²) in [6, 6.07) is 4.83. The topological polar surface area (TPSA) is 60.7 Å². The predicted octanol–water partition coefficient (Wildman–Crippen LogP) is 2.53. The zero-order chi connectivity index (χ0) is 14.3. The number of nitrogens with one attached hydrogen (secondary N) is 2. The molecule has 1 aliphatic heterocycles. The van der Waals surface area contributed by atoms with Crippen LogP contribution in [0.3, 0.4) is 0 Å². The molecule has 0 aromatic carbocycles. The number of pyridine rings is 1. The lowest BCUT2D eigenvalue weighted by Gasteiger charge is -2.48. The second-order valence-electron chi connectivity index (χ2n) is 6.85. The van der Waals surface area contributed by atoms with Crippen molar-refractivity contribution in [1.29, 1.82) is 5.26 Å². The number of hydrogen-bond acceptors (Lipinski definition) is 4. The summed E-state index contributed by atoms with van der Waals surface area (Å²) in [4.78, 5) is 4.76. The van der Waals surface area contributed by atoms with Gasteiger partial charge in [0.2, 0.25) is 0 Å². The van der Waals surface area contributed by atoms with Crippen molar-refractivity contribution in [2.24, 2.45) is 0 Å². The molecular formula is C17H22N4. The number of hydrogen-bond donors (Lipinski definition) is 2. The first-order chi connectivity index (χ1) is 10.3. The minimum absolute atomic E-state index is 0.374. The van der Waals surface area contributed by atoms with E-state index in [1.54, 1.807) is 0 Å². The molecule has 3 aliphatic rings. The number of nitriles is 1. The highest BCUT2D eigenvalue weighted by molar-refractivity contribution is 5.55. The van der Waals surface area contributed by atoms with Gasteiger partial charge in [-0.25, -0.2) is 4.98 Å². The van der Waals surface area contributed by atoms with E-state index >= 15 is 0 Å². The van der Waals surface area contributed by atoms with Crippen molar-refractivity contribution in [1.82, 2.24) is 10.3 Å². The lowest BCUT2D eigenvalue weighted by atomic mass is 9.70. The molecule has 21 heavy (non-hydrogen) atoms. The summed E-state index contributed by atoms with van der Waals surface area (Å²) in [6.07, 6.45) is 9.54. The average molecular weight is 282 g/mol. The molecule has 1 saturated carbocycles. The molecule has 0 radical (unpaired) electrons. The van der Waals surface area contributed by atoms with Gasteiger partial charge in [-0.15, -0.1) is 0 Å². The number of aromatic nitrogens is 1. The average Bonchev–Trinajstić information content (AvgIpc) is 2.92. The largest absolute Gasteiger partial charge is 0.366 e. The molecule has 2 N–H and O–H groups in total. The third kappa shape index (κ3) is 2.30. The monoisotopic (exact) mass is 282 g/mol. The van der Waals surface area contributed by atoms with Crippen molar-refractivity contribution in [3.8, 4) is 6.07 Å². The van der Waals surface area contributed by atoms with Gasteiger partial charge in [0.15, 0.2) is 0 Å². The van der Waals surface area contributed by atoms with Gasteiger partial charge < -0.3 is 10.6 Å². The first-order valence-corrected chi connectivity index (χ1v) is 8.22. The van der Waals surface area contributed by atoms with Crippen LogP contribution in [-0.2, 0) is 12.8 Å². The van der Waals surface area contributed by atoms with E-state index in [0.29, 0.717) is 11.6 Å². The minimum atomic E-state index is 0.374. The van der Waals surface area contributed by atoms with Gasteiger partial charge in [0.1, 0.15) is 11.9 Å². The van der Waals surface area contributed by atoms with E-state index in [0.717, 1.165) is 43.6 Å². The van der Waals surface area contributed by atoms with Crippen LogP contribution in [0.2, 0.25) is 0 Å². The van der Waals surface area contributed by atoms with Crippen LogP contribution < -0.4 is 10.6 Å². The normalized spacial score (nSPS) is 26.0. The molecule has 110 valence electrons. The van der Waals surface area contributed by atoms with Crippen LogP contribution in [0.25, 0.3) is 0 Å². The molecule has 1 spiro atoms. The number of nitrogens with zero attached hydrogens (tertiary/aromatic N) is 2. The maximum Gasteiger partial charge on any atom is 0.144 e. The Balaban J connectivity index is 1.55. The van der Waals surface area contributed by atoms with E-state index < -0.39 is 0 Å². The van der Waals surface area contributed by atoms with E-state index in [-0.39, 0.29) is 0 Å². The van der Waals surface area contributed by atoms with E-state index in [1.807, 2.05) is 0 Å². The molecule has 1 saturated heterocycles. The lowest BCUT2D eigenvalue weighted by Crippen LogP contribution is -2.58. The number of anilines is 1. The highest BCUT2D eigenvalue weighted by Crippen LogP contribution is 2.39. The maximum atomic E-state index is 9.40. The lowest BCUT2D eigenvalue weighted by molar-refractivity contribution is 0.135. The standard InChI is InChI=1S/C17H22N4/c18-11-13-9-12-3-1-4-15(12)21-16(13)20-14-5-8-19-17(10-14)6-2-7-17/h9,14,19H,1-8,10H2,(H,20,21). The van der Waals surface area contributed by atoms with Crippen molar-refractivity contribution in [3.63, 3.8) is 0 Å². The van der Waals surface area contributed by atoms with Gasteiger partial charge in [-0.2, -0.15) is 5.26 Å². The first kappa shape index (κ1) is 13.1. The summed E-state index contributed by atoms with van der Waals surface area (Å²) in [5.74, 6) is 0.819. The molecule has 2 heterocycles. The first-order valence-electron chi connectivity index (χ1n) is 8.22. The summed E-state index contributed by atoms with van der Waals surface area (Å²) < 4.78 is 0. The van der Waals surface area contributed by atoms with Gasteiger partial charge in [0, 0.05) is 17.3 Å². The van der Waals surface area contributed by atoms with Crippen LogP contribution >= 0.6 is 0 Å². The Bertz CT molecular complexity index is 598. The SMILES string of the molecule is N#Cc1cc2c(nc1NC1CCNC3(CCC3)C1)CCC2. The molecule has 1 aromatic rings. The highest BCUT2D eigenvalue weighted by Gasteiger charge is 2.41. The molecule has 0 amide bonds. The van der Waals surface area contributed by atoms with Crippen LogP contribution in [0.15, 0.2) is 6.07 Å². The third-order valence-corrected chi connectivity index (χ3v) is 5.45. The van der Waals surface area contributed by atoms with Gasteiger partial charge in [-0.05, 0) is 69.5 Å². The Hall–Kier alpha value is -1.60. The summed E-state index contributed by atoms with van der Waals surface area (Å²) >= 11 is 0. The van der Waals surface area contributed by atoms with Crippen molar-refractivity contribution < 1.29 is 0 Å². The molecule has 4 rings (SSSR count). The van der Waals surface area contributed by atoms with Crippen molar-refractivity contribution >= 4 is 5.82 Å². The highest BCUT2D eigenvalue weighted by atomic mass is 15.1. The van der Waals surface area contributed by atoms with Gasteiger partial charge in [-0.1, -0.05) is 0 Å². The number of aryl methyl sites for hydroxylation is 2. The Morgan fingerprint density at radius 2 is 2.24 bits per heavy atom. The van der Waals surface area contributed by atoms with E-state index in [1.165, 1.54) is 36.9 Å². The zero-order valence-electron chi connectivity index (χ0n) is 12.4. The zero-order valence-corrected chi connectivity index (χ0v) is 12.4. The third-order valence-electron chi connectivity index (χ3n) is 5.45. The molecular weight excluding hydrogens is 260 g/mol. The van der Waals surface area contributed by atoms with Gasteiger partial charge in [0.05, 0.1) is 5.56 Å². The number of fused-ring (bicyclic) bond motifs is 1. The molecule has 4 heteroatoms. The molecule has 1 aromatic heterocycles. The Morgan fingerprint density at radius 3 is 3.00 bits per heavy atom. The van der Waals surface area contributed by atoms with Crippen LogP contribution in [0.1, 0.15) is 55.3 Å². The fourth-order valence-electron chi connectivity index (χ4n) is 4.13. The Morgan fingerprint density at radius 1 is 1.33 bits per heavy atom. The summed E-state index contributed by atoms with van der Waals surface area (Å²) in [7, 11) is 0. The maximum absolute atomic E-state index is 9.40. The van der Waals surface area contributed by atoms with Crippen LogP contribution in [0.4, 0.5) is 5.82 Å². The van der Waals surface area contributed by atoms with Gasteiger partial charge >= 0.3 is 0 Å². The van der Waals surface area contributed by atoms with Gasteiger partial charge in [0.25, 0.3) is 0 Å². The van der Waals surface area contributed by atoms with Crippen LogP contribution in [0.5, 0.6) is 0 Å². The second kappa shape index (κ2) is 4.99. The molecule has 1 atom stereocenters. The Kier molecular flexibility index (Phi) is 3.11. The van der Waals surface area contributed by atoms with E-state index in [9.17, 15) is 5.26 Å². The summed E-state index contributed by atoms with van der Waals surface area (Å²) in [6.45, 7) is 1.07. The Labute approximate surface area is 126 Å². The van der Waals surface area contributed by atoms with Crippen LogP contribution in [0, 0.1) is 11.3 Å². The molecule has 2 fully saturated rings. The van der Waals surface area contributed by atoms with E-state index in [4.69, 9.17) is 4.98 Å². The summed E-state index contributed by atoms with van der Waals surface area (Å²) in [5, 5.41) is 16.7. The molecule has 1 unspecified atom stereocenters. The van der Waals surface area contributed by atoms with E-state index in [2.05, 4.69) is 22.8 Å². The fraction of sp³-hybridized carbons (Fsp3) is 0.647. The second-order valence-corrected chi connectivity index (χ2v) is 6.85. The van der Waals surface area contributed by atoms with Crippen LogP contribution in [-0.4, -0.2) is 23.1 Å². The molecule has 4 nitrogen and oxygen atoms in total. The van der Waals surface area contributed by atoms with Gasteiger partial charge in [-0.3, -0.25) is 0 Å². The number of piperidine rings is 1.